The molecule has 54 heavy (non-hydrogen) atoms. The third kappa shape index (κ3) is 11.5. The van der Waals surface area contributed by atoms with E-state index in [0.29, 0.717) is 49.6 Å². The van der Waals surface area contributed by atoms with Gasteiger partial charge in [0.05, 0.1) is 25.2 Å². The molecule has 3 aliphatic carbocycles. The summed E-state index contributed by atoms with van der Waals surface area (Å²) in [6, 6.07) is 13.3. The number of ether oxygens (including phenoxy) is 3. The number of nitrogens with zero attached hydrogens (tertiary/aromatic N) is 2. The minimum Gasteiger partial charge on any atom is -0.484 e. The number of aliphatic imine (C=N–C) groups is 1. The summed E-state index contributed by atoms with van der Waals surface area (Å²) in [5.74, 6) is 0.704. The van der Waals surface area contributed by atoms with E-state index in [1.54, 1.807) is 0 Å². The Morgan fingerprint density at radius 3 is 1.96 bits per heavy atom. The fourth-order valence-corrected chi connectivity index (χ4v) is 8.42. The quantitative estimate of drug-likeness (QED) is 0.0691. The second-order valence-electron chi connectivity index (χ2n) is 15.6. The Bertz CT molecular complexity index is 1590. The maximum absolute atomic E-state index is 13.5. The number of rotatable bonds is 13. The SMILES string of the molecule is O=C(NC(=NCCC[C@H]1C(=O)N(C(=O)COc2ccc3ccccc3c2)[C@@H]1C=CC1CCCCC1)NC(=O)OCC1CCCCC1)OCC1CCCCC1. The van der Waals surface area contributed by atoms with Crippen molar-refractivity contribution in [3.05, 3.63) is 54.6 Å². The molecule has 3 saturated carbocycles. The van der Waals surface area contributed by atoms with E-state index in [-0.39, 0.29) is 42.9 Å². The zero-order chi connectivity index (χ0) is 37.5. The van der Waals surface area contributed by atoms with Crippen LogP contribution in [0.2, 0.25) is 0 Å². The van der Waals surface area contributed by atoms with Gasteiger partial charge in [-0.05, 0) is 92.0 Å². The number of allylic oxidation sites excluding steroid dienone is 1. The standard InChI is InChI=1S/C43H58N4O7/c48-39(30-52-36-24-23-34-19-10-11-20-35(34)27-36)47-38(25-22-31-13-4-1-5-14-31)37(40(47)49)21-12-26-44-41(45-42(50)53-28-32-15-6-2-7-16-32)46-43(51)54-29-33-17-8-3-9-18-33/h10-11,19-20,22-25,27,31-33,37-38H,1-9,12-18,21,26,28-30H2,(H2,44,45,46,50,51)/t37-,38-/m1/s1. The van der Waals surface area contributed by atoms with Crippen LogP contribution in [0.4, 0.5) is 9.59 Å². The number of carbonyl (C=O) groups is 4. The topological polar surface area (TPSA) is 136 Å². The fraction of sp³-hybridized carbons (Fsp3) is 0.605. The number of hydrogen-bond donors (Lipinski definition) is 2. The molecular weight excluding hydrogens is 684 g/mol. The molecule has 0 bridgehead atoms. The summed E-state index contributed by atoms with van der Waals surface area (Å²) < 4.78 is 16.9. The molecule has 4 aliphatic rings. The van der Waals surface area contributed by atoms with Gasteiger partial charge in [0.25, 0.3) is 5.91 Å². The predicted molar refractivity (Wildman–Crippen MR) is 208 cm³/mol. The Kier molecular flexibility index (Phi) is 14.8. The maximum Gasteiger partial charge on any atom is 0.413 e. The van der Waals surface area contributed by atoms with Gasteiger partial charge in [0.15, 0.2) is 6.61 Å². The molecular formula is C43H58N4O7. The third-order valence-electron chi connectivity index (χ3n) is 11.6. The number of fused-ring (bicyclic) bond motifs is 1. The number of likely N-dealkylation sites (tertiary alicyclic amines) is 1. The number of alkyl carbamates (subject to hydrolysis) is 2. The molecule has 2 atom stereocenters. The Balaban J connectivity index is 1.05. The number of guanidine groups is 1. The highest BCUT2D eigenvalue weighted by Gasteiger charge is 2.48. The highest BCUT2D eigenvalue weighted by Crippen LogP contribution is 2.34. The number of β-lactam (4-membered cyclic amide) rings is 1. The molecule has 0 spiro atoms. The van der Waals surface area contributed by atoms with Crippen molar-refractivity contribution in [2.24, 2.45) is 28.7 Å². The van der Waals surface area contributed by atoms with Gasteiger partial charge in [0.2, 0.25) is 11.9 Å². The summed E-state index contributed by atoms with van der Waals surface area (Å²) in [4.78, 5) is 58.3. The van der Waals surface area contributed by atoms with Gasteiger partial charge in [-0.25, -0.2) is 9.59 Å². The number of hydrogen-bond acceptors (Lipinski definition) is 8. The molecule has 4 fully saturated rings. The Hall–Kier alpha value is -4.41. The van der Waals surface area contributed by atoms with Gasteiger partial charge in [0, 0.05) is 6.54 Å². The first-order valence-corrected chi connectivity index (χ1v) is 20.5. The van der Waals surface area contributed by atoms with Gasteiger partial charge in [-0.15, -0.1) is 0 Å². The van der Waals surface area contributed by atoms with Gasteiger partial charge < -0.3 is 14.2 Å². The monoisotopic (exact) mass is 742 g/mol. The minimum absolute atomic E-state index is 0.0337. The molecule has 2 N–H and O–H groups in total. The zero-order valence-corrected chi connectivity index (χ0v) is 31.7. The van der Waals surface area contributed by atoms with Crippen molar-refractivity contribution in [3.63, 3.8) is 0 Å². The van der Waals surface area contributed by atoms with Crippen molar-refractivity contribution in [1.29, 1.82) is 0 Å². The fourth-order valence-electron chi connectivity index (χ4n) is 8.42. The van der Waals surface area contributed by atoms with E-state index < -0.39 is 12.2 Å². The number of benzene rings is 2. The molecule has 11 nitrogen and oxygen atoms in total. The lowest BCUT2D eigenvalue weighted by atomic mass is 9.81. The number of amides is 4. The van der Waals surface area contributed by atoms with Crippen LogP contribution in [0.15, 0.2) is 59.6 Å². The molecule has 1 saturated heterocycles. The van der Waals surface area contributed by atoms with Gasteiger partial charge in [0.1, 0.15) is 5.75 Å². The Morgan fingerprint density at radius 2 is 1.33 bits per heavy atom. The molecule has 6 rings (SSSR count). The first-order chi connectivity index (χ1) is 26.4. The zero-order valence-electron chi connectivity index (χ0n) is 31.7. The Morgan fingerprint density at radius 1 is 0.741 bits per heavy atom. The second kappa shape index (κ2) is 20.3. The van der Waals surface area contributed by atoms with Crippen LogP contribution in [0, 0.1) is 23.7 Å². The highest BCUT2D eigenvalue weighted by molar-refractivity contribution is 6.03. The van der Waals surface area contributed by atoms with Crippen LogP contribution >= 0.6 is 0 Å². The molecule has 2 aromatic rings. The van der Waals surface area contributed by atoms with Crippen molar-refractivity contribution < 1.29 is 33.4 Å². The van der Waals surface area contributed by atoms with E-state index in [2.05, 4.69) is 21.7 Å². The molecule has 0 unspecified atom stereocenters. The normalized spacial score (nSPS) is 21.3. The van der Waals surface area contributed by atoms with Crippen molar-refractivity contribution in [1.82, 2.24) is 15.5 Å². The van der Waals surface area contributed by atoms with Crippen molar-refractivity contribution >= 4 is 40.7 Å². The van der Waals surface area contributed by atoms with E-state index >= 15 is 0 Å². The van der Waals surface area contributed by atoms with Crippen molar-refractivity contribution in [2.75, 3.05) is 26.4 Å². The number of nitrogens with one attached hydrogen (secondary N) is 2. The number of imide groups is 1. The molecule has 2 aromatic carbocycles. The van der Waals surface area contributed by atoms with Crippen LogP contribution < -0.4 is 15.4 Å². The summed E-state index contributed by atoms with van der Waals surface area (Å²) in [5, 5.41) is 7.31. The van der Waals surface area contributed by atoms with Crippen LogP contribution in [0.1, 0.15) is 109 Å². The van der Waals surface area contributed by atoms with E-state index in [1.165, 1.54) is 37.0 Å². The largest absolute Gasteiger partial charge is 0.484 e. The molecule has 1 aliphatic heterocycles. The van der Waals surface area contributed by atoms with Crippen LogP contribution in [0.5, 0.6) is 5.75 Å². The minimum atomic E-state index is -0.672. The van der Waals surface area contributed by atoms with Crippen LogP contribution in [0.3, 0.4) is 0 Å². The van der Waals surface area contributed by atoms with E-state index in [4.69, 9.17) is 14.2 Å². The lowest BCUT2D eigenvalue weighted by Crippen LogP contribution is -2.63. The molecule has 292 valence electrons. The summed E-state index contributed by atoms with van der Waals surface area (Å²) in [6.07, 6.45) is 20.9. The van der Waals surface area contributed by atoms with Crippen LogP contribution in [-0.2, 0) is 19.1 Å². The first-order valence-electron chi connectivity index (χ1n) is 20.5. The average Bonchev–Trinajstić information content (AvgIpc) is 3.20. The van der Waals surface area contributed by atoms with Gasteiger partial charge in [-0.1, -0.05) is 100 Å². The lowest BCUT2D eigenvalue weighted by Gasteiger charge is -2.44. The molecule has 4 amide bonds. The van der Waals surface area contributed by atoms with Gasteiger partial charge in [-0.2, -0.15) is 0 Å². The Labute approximate surface area is 319 Å². The van der Waals surface area contributed by atoms with Crippen LogP contribution in [-0.4, -0.2) is 67.3 Å². The predicted octanol–water partition coefficient (Wildman–Crippen LogP) is 8.46. The first kappa shape index (κ1) is 39.3. The summed E-state index contributed by atoms with van der Waals surface area (Å²) in [7, 11) is 0. The van der Waals surface area contributed by atoms with E-state index in [9.17, 15) is 19.2 Å². The highest BCUT2D eigenvalue weighted by atomic mass is 16.6. The molecule has 11 heteroatoms. The lowest BCUT2D eigenvalue weighted by molar-refractivity contribution is -0.164. The maximum atomic E-state index is 13.5. The molecule has 0 radical (unpaired) electrons. The van der Waals surface area contributed by atoms with Gasteiger partial charge >= 0.3 is 12.2 Å². The van der Waals surface area contributed by atoms with Crippen molar-refractivity contribution in [3.8, 4) is 5.75 Å². The third-order valence-corrected chi connectivity index (χ3v) is 11.6. The van der Waals surface area contributed by atoms with E-state index in [1.807, 2.05) is 48.5 Å². The molecule has 0 aromatic heterocycles. The van der Waals surface area contributed by atoms with Gasteiger partial charge in [-0.3, -0.25) is 30.1 Å². The summed E-state index contributed by atoms with van der Waals surface area (Å²) >= 11 is 0. The van der Waals surface area contributed by atoms with Crippen LogP contribution in [0.25, 0.3) is 10.8 Å². The second-order valence-corrected chi connectivity index (χ2v) is 15.6. The molecule has 1 heterocycles. The van der Waals surface area contributed by atoms with E-state index in [0.717, 1.165) is 75.0 Å². The van der Waals surface area contributed by atoms with Crippen molar-refractivity contribution in [2.45, 2.75) is 115 Å². The smallest absolute Gasteiger partial charge is 0.413 e. The summed E-state index contributed by atoms with van der Waals surface area (Å²) in [6.45, 7) is 0.660. The average molecular weight is 743 g/mol. The summed E-state index contributed by atoms with van der Waals surface area (Å²) in [5.41, 5.74) is 0. The number of carbonyl (C=O) groups excluding carboxylic acids is 4.